The first-order valence-electron chi connectivity index (χ1n) is 7.62. The highest BCUT2D eigenvalue weighted by atomic mass is 16.5. The van der Waals surface area contributed by atoms with Gasteiger partial charge in [-0.1, -0.05) is 6.92 Å². The van der Waals surface area contributed by atoms with Crippen LogP contribution in [0.5, 0.6) is 0 Å². The van der Waals surface area contributed by atoms with Crippen molar-refractivity contribution in [2.45, 2.75) is 71.5 Å². The van der Waals surface area contributed by atoms with Crippen molar-refractivity contribution >= 4 is 5.97 Å². The maximum atomic E-state index is 12.2. The quantitative estimate of drug-likeness (QED) is 0.652. The van der Waals surface area contributed by atoms with E-state index in [4.69, 9.17) is 4.74 Å². The molecule has 0 heterocycles. The van der Waals surface area contributed by atoms with Crippen LogP contribution in [0.3, 0.4) is 0 Å². The van der Waals surface area contributed by atoms with E-state index >= 15 is 0 Å². The third-order valence-corrected chi connectivity index (χ3v) is 3.70. The molecule has 1 unspecified atom stereocenters. The molecule has 0 amide bonds. The first kappa shape index (κ1) is 16.4. The van der Waals surface area contributed by atoms with Crippen molar-refractivity contribution in [2.24, 2.45) is 0 Å². The number of carbonyl (C=O) groups excluding carboxylic acids is 1. The SMILES string of the molecule is CCOC(=O)C(C)(CCN(CC)C1CC1)NC(C)C. The Balaban J connectivity index is 2.59. The topological polar surface area (TPSA) is 41.6 Å². The van der Waals surface area contributed by atoms with E-state index in [0.717, 1.165) is 25.6 Å². The Morgan fingerprint density at radius 2 is 2.05 bits per heavy atom. The van der Waals surface area contributed by atoms with Crippen molar-refractivity contribution in [1.29, 1.82) is 0 Å². The van der Waals surface area contributed by atoms with Crippen LogP contribution in [0.15, 0.2) is 0 Å². The third kappa shape index (κ3) is 5.11. The predicted octanol–water partition coefficient (Wildman–Crippen LogP) is 2.18. The molecule has 0 aromatic rings. The molecule has 1 atom stereocenters. The van der Waals surface area contributed by atoms with E-state index in [2.05, 4.69) is 31.0 Å². The summed E-state index contributed by atoms with van der Waals surface area (Å²) in [6, 6.07) is 1.01. The van der Waals surface area contributed by atoms with Crippen molar-refractivity contribution in [1.82, 2.24) is 10.2 Å². The van der Waals surface area contributed by atoms with Crippen molar-refractivity contribution in [3.8, 4) is 0 Å². The summed E-state index contributed by atoms with van der Waals surface area (Å²) in [7, 11) is 0. The minimum Gasteiger partial charge on any atom is -0.465 e. The maximum Gasteiger partial charge on any atom is 0.326 e. The monoisotopic (exact) mass is 270 g/mol. The summed E-state index contributed by atoms with van der Waals surface area (Å²) in [5.74, 6) is -0.129. The summed E-state index contributed by atoms with van der Waals surface area (Å²) in [6.07, 6.45) is 3.41. The van der Waals surface area contributed by atoms with E-state index in [9.17, 15) is 4.79 Å². The van der Waals surface area contributed by atoms with E-state index < -0.39 is 5.54 Å². The molecule has 0 bridgehead atoms. The lowest BCUT2D eigenvalue weighted by molar-refractivity contribution is -0.151. The Bertz CT molecular complexity index is 290. The van der Waals surface area contributed by atoms with Gasteiger partial charge in [0.2, 0.25) is 0 Å². The van der Waals surface area contributed by atoms with E-state index in [1.54, 1.807) is 0 Å². The first-order chi connectivity index (χ1) is 8.92. The van der Waals surface area contributed by atoms with Gasteiger partial charge < -0.3 is 9.64 Å². The molecule has 1 rings (SSSR count). The molecule has 1 saturated carbocycles. The average Bonchev–Trinajstić information content (AvgIpc) is 3.13. The number of ether oxygens (including phenoxy) is 1. The Labute approximate surface area is 117 Å². The van der Waals surface area contributed by atoms with Crippen LogP contribution in [0.2, 0.25) is 0 Å². The smallest absolute Gasteiger partial charge is 0.326 e. The minimum atomic E-state index is -0.577. The van der Waals surface area contributed by atoms with Crippen molar-refractivity contribution in [2.75, 3.05) is 19.7 Å². The van der Waals surface area contributed by atoms with Crippen LogP contribution in [-0.2, 0) is 9.53 Å². The van der Waals surface area contributed by atoms with Gasteiger partial charge in [0.15, 0.2) is 0 Å². The molecule has 0 spiro atoms. The zero-order valence-corrected chi connectivity index (χ0v) is 13.2. The lowest BCUT2D eigenvalue weighted by Gasteiger charge is -2.33. The minimum absolute atomic E-state index is 0.129. The largest absolute Gasteiger partial charge is 0.465 e. The molecule has 0 aromatic carbocycles. The van der Waals surface area contributed by atoms with Gasteiger partial charge in [-0.15, -0.1) is 0 Å². The fraction of sp³-hybridized carbons (Fsp3) is 0.933. The van der Waals surface area contributed by atoms with Gasteiger partial charge in [-0.3, -0.25) is 10.1 Å². The van der Waals surface area contributed by atoms with E-state index in [1.165, 1.54) is 12.8 Å². The molecule has 0 aliphatic heterocycles. The van der Waals surface area contributed by atoms with Gasteiger partial charge in [0.05, 0.1) is 6.61 Å². The normalized spacial score (nSPS) is 18.7. The molecule has 1 aliphatic carbocycles. The summed E-state index contributed by atoms with van der Waals surface area (Å²) >= 11 is 0. The lowest BCUT2D eigenvalue weighted by Crippen LogP contribution is -2.54. The zero-order valence-electron chi connectivity index (χ0n) is 13.2. The summed E-state index contributed by atoms with van der Waals surface area (Å²) in [5.41, 5.74) is -0.577. The lowest BCUT2D eigenvalue weighted by atomic mass is 9.96. The van der Waals surface area contributed by atoms with E-state index in [1.807, 2.05) is 13.8 Å². The second-order valence-corrected chi connectivity index (χ2v) is 5.96. The number of nitrogens with one attached hydrogen (secondary N) is 1. The molecule has 4 heteroatoms. The Morgan fingerprint density at radius 1 is 1.42 bits per heavy atom. The fourth-order valence-electron chi connectivity index (χ4n) is 2.57. The predicted molar refractivity (Wildman–Crippen MR) is 78.2 cm³/mol. The van der Waals surface area contributed by atoms with Gasteiger partial charge in [-0.2, -0.15) is 0 Å². The Morgan fingerprint density at radius 3 is 2.47 bits per heavy atom. The highest BCUT2D eigenvalue weighted by Crippen LogP contribution is 2.27. The summed E-state index contributed by atoms with van der Waals surface area (Å²) < 4.78 is 5.23. The van der Waals surface area contributed by atoms with Gasteiger partial charge in [0.1, 0.15) is 5.54 Å². The van der Waals surface area contributed by atoms with Crippen LogP contribution in [0.4, 0.5) is 0 Å². The van der Waals surface area contributed by atoms with Crippen molar-refractivity contribution in [3.63, 3.8) is 0 Å². The molecule has 1 N–H and O–H groups in total. The van der Waals surface area contributed by atoms with Crippen LogP contribution in [-0.4, -0.2) is 48.2 Å². The molecule has 1 fully saturated rings. The summed E-state index contributed by atoms with van der Waals surface area (Å²) in [4.78, 5) is 14.7. The second-order valence-electron chi connectivity index (χ2n) is 5.96. The highest BCUT2D eigenvalue weighted by molar-refractivity contribution is 5.80. The van der Waals surface area contributed by atoms with Gasteiger partial charge in [-0.05, 0) is 53.5 Å². The number of esters is 1. The van der Waals surface area contributed by atoms with Crippen LogP contribution < -0.4 is 5.32 Å². The number of hydrogen-bond acceptors (Lipinski definition) is 4. The third-order valence-electron chi connectivity index (χ3n) is 3.70. The molecule has 0 aromatic heterocycles. The molecular formula is C15H30N2O2. The highest BCUT2D eigenvalue weighted by Gasteiger charge is 2.37. The molecule has 19 heavy (non-hydrogen) atoms. The fourth-order valence-corrected chi connectivity index (χ4v) is 2.57. The van der Waals surface area contributed by atoms with Gasteiger partial charge in [0, 0.05) is 18.6 Å². The summed E-state index contributed by atoms with van der Waals surface area (Å²) in [5, 5.41) is 3.38. The second kappa shape index (κ2) is 7.25. The molecule has 0 radical (unpaired) electrons. The Kier molecular flexibility index (Phi) is 6.27. The van der Waals surface area contributed by atoms with E-state index in [0.29, 0.717) is 6.61 Å². The van der Waals surface area contributed by atoms with E-state index in [-0.39, 0.29) is 12.0 Å². The maximum absolute atomic E-state index is 12.2. The standard InChI is InChI=1S/C15H30N2O2/c1-6-17(13-8-9-13)11-10-15(5,16-12(3)4)14(18)19-7-2/h12-13,16H,6-11H2,1-5H3. The molecule has 4 nitrogen and oxygen atoms in total. The van der Waals surface area contributed by atoms with Crippen LogP contribution >= 0.6 is 0 Å². The number of rotatable bonds is 9. The van der Waals surface area contributed by atoms with Crippen LogP contribution in [0.1, 0.15) is 53.9 Å². The van der Waals surface area contributed by atoms with Gasteiger partial charge >= 0.3 is 5.97 Å². The van der Waals surface area contributed by atoms with Crippen LogP contribution in [0, 0.1) is 0 Å². The van der Waals surface area contributed by atoms with Gasteiger partial charge in [-0.25, -0.2) is 0 Å². The van der Waals surface area contributed by atoms with Gasteiger partial charge in [0.25, 0.3) is 0 Å². The summed E-state index contributed by atoms with van der Waals surface area (Å²) in [6.45, 7) is 12.6. The van der Waals surface area contributed by atoms with Crippen molar-refractivity contribution < 1.29 is 9.53 Å². The number of carbonyl (C=O) groups is 1. The zero-order chi connectivity index (χ0) is 14.5. The molecule has 1 aliphatic rings. The van der Waals surface area contributed by atoms with Crippen molar-refractivity contribution in [3.05, 3.63) is 0 Å². The average molecular weight is 270 g/mol. The molecule has 0 saturated heterocycles. The van der Waals surface area contributed by atoms with Crippen LogP contribution in [0.25, 0.3) is 0 Å². The molecular weight excluding hydrogens is 240 g/mol. The Hall–Kier alpha value is -0.610. The number of nitrogens with zero attached hydrogens (tertiary/aromatic N) is 1. The number of hydrogen-bond donors (Lipinski definition) is 1. The first-order valence-corrected chi connectivity index (χ1v) is 7.62. The molecule has 112 valence electrons.